The molecule has 0 aliphatic carbocycles. The molecule has 0 radical (unpaired) electrons. The number of thiophene rings is 1. The van der Waals surface area contributed by atoms with Gasteiger partial charge in [0, 0.05) is 36.3 Å². The molecule has 1 fully saturated rings. The Morgan fingerprint density at radius 2 is 1.86 bits per heavy atom. The van der Waals surface area contributed by atoms with E-state index in [9.17, 15) is 9.59 Å². The van der Waals surface area contributed by atoms with Crippen molar-refractivity contribution in [1.29, 1.82) is 0 Å². The maximum atomic E-state index is 13.0. The van der Waals surface area contributed by atoms with Crippen LogP contribution in [0.1, 0.15) is 33.6 Å². The molecule has 6 nitrogen and oxygen atoms in total. The molecule has 0 saturated carbocycles. The number of likely N-dealkylation sites (tertiary alicyclic amines) is 1. The van der Waals surface area contributed by atoms with Crippen LogP contribution in [0.4, 0.5) is 0 Å². The van der Waals surface area contributed by atoms with Gasteiger partial charge in [0.15, 0.2) is 0 Å². The van der Waals surface area contributed by atoms with Gasteiger partial charge in [0.2, 0.25) is 5.88 Å². The lowest BCUT2D eigenvalue weighted by Crippen LogP contribution is -2.46. The third-order valence-electron chi connectivity index (χ3n) is 4.86. The molecule has 3 aromatic rings. The standard InChI is InChI=1S/C22H21N3O3S/c26-20(16-10-14-29-15-16)24-17-8-12-25(13-9-17)22(27)19-7-4-11-23-21(19)28-18-5-2-1-3-6-18/h1-7,10-11,14-15,17H,8-9,12-13H2,(H,24,26). The Hall–Kier alpha value is -3.19. The minimum absolute atomic E-state index is 0.0539. The molecule has 1 aliphatic heterocycles. The fourth-order valence-electron chi connectivity index (χ4n) is 3.29. The zero-order valence-corrected chi connectivity index (χ0v) is 16.6. The van der Waals surface area contributed by atoms with E-state index in [0.29, 0.717) is 35.8 Å². The topological polar surface area (TPSA) is 71.5 Å². The quantitative estimate of drug-likeness (QED) is 0.695. The smallest absolute Gasteiger partial charge is 0.259 e. The van der Waals surface area contributed by atoms with Crippen LogP contribution in [0.2, 0.25) is 0 Å². The lowest BCUT2D eigenvalue weighted by atomic mass is 10.0. The summed E-state index contributed by atoms with van der Waals surface area (Å²) in [4.78, 5) is 31.3. The average molecular weight is 407 g/mol. The normalized spacial score (nSPS) is 14.4. The number of hydrogen-bond donors (Lipinski definition) is 1. The number of rotatable bonds is 5. The largest absolute Gasteiger partial charge is 0.438 e. The van der Waals surface area contributed by atoms with Crippen LogP contribution in [-0.2, 0) is 0 Å². The van der Waals surface area contributed by atoms with E-state index in [-0.39, 0.29) is 17.9 Å². The first-order valence-electron chi connectivity index (χ1n) is 9.51. The third kappa shape index (κ3) is 4.63. The summed E-state index contributed by atoms with van der Waals surface area (Å²) in [5.41, 5.74) is 1.13. The highest BCUT2D eigenvalue weighted by molar-refractivity contribution is 7.08. The van der Waals surface area contributed by atoms with Crippen molar-refractivity contribution in [3.63, 3.8) is 0 Å². The van der Waals surface area contributed by atoms with Gasteiger partial charge in [-0.2, -0.15) is 11.3 Å². The van der Waals surface area contributed by atoms with E-state index in [1.165, 1.54) is 11.3 Å². The molecule has 4 rings (SSSR count). The SMILES string of the molecule is O=C(NC1CCN(C(=O)c2cccnc2Oc2ccccc2)CC1)c1ccsc1. The van der Waals surface area contributed by atoms with Crippen LogP contribution in [0.25, 0.3) is 0 Å². The second-order valence-electron chi connectivity index (χ2n) is 6.82. The average Bonchev–Trinajstić information content (AvgIpc) is 3.30. The minimum Gasteiger partial charge on any atom is -0.438 e. The van der Waals surface area contributed by atoms with Crippen molar-refractivity contribution < 1.29 is 14.3 Å². The highest BCUT2D eigenvalue weighted by Crippen LogP contribution is 2.25. The Kier molecular flexibility index (Phi) is 5.86. The second kappa shape index (κ2) is 8.87. The summed E-state index contributed by atoms with van der Waals surface area (Å²) in [6.45, 7) is 1.15. The Morgan fingerprint density at radius 1 is 1.07 bits per heavy atom. The van der Waals surface area contributed by atoms with Gasteiger partial charge in [0.1, 0.15) is 11.3 Å². The third-order valence-corrected chi connectivity index (χ3v) is 5.54. The number of carbonyl (C=O) groups is 2. The number of nitrogens with zero attached hydrogens (tertiary/aromatic N) is 2. The summed E-state index contributed by atoms with van der Waals surface area (Å²) in [6.07, 6.45) is 3.05. The van der Waals surface area contributed by atoms with Crippen LogP contribution in [0, 0.1) is 0 Å². The number of amides is 2. The molecule has 2 amide bonds. The summed E-state index contributed by atoms with van der Waals surface area (Å²) < 4.78 is 5.82. The Labute approximate surface area is 173 Å². The van der Waals surface area contributed by atoms with Gasteiger partial charge in [-0.15, -0.1) is 0 Å². The zero-order valence-electron chi connectivity index (χ0n) is 15.8. The molecule has 0 atom stereocenters. The van der Waals surface area contributed by atoms with Gasteiger partial charge in [-0.3, -0.25) is 9.59 Å². The Bertz CT molecular complexity index is 968. The molecule has 7 heteroatoms. The van der Waals surface area contributed by atoms with Crippen molar-refractivity contribution in [3.05, 3.63) is 76.6 Å². The molecule has 0 spiro atoms. The van der Waals surface area contributed by atoms with E-state index >= 15 is 0 Å². The van der Waals surface area contributed by atoms with E-state index in [1.54, 1.807) is 23.2 Å². The van der Waals surface area contributed by atoms with Gasteiger partial charge in [0.05, 0.1) is 0 Å². The summed E-state index contributed by atoms with van der Waals surface area (Å²) >= 11 is 1.50. The molecule has 29 heavy (non-hydrogen) atoms. The molecule has 3 heterocycles. The van der Waals surface area contributed by atoms with E-state index in [4.69, 9.17) is 4.74 Å². The maximum absolute atomic E-state index is 13.0. The summed E-state index contributed by atoms with van der Waals surface area (Å²) in [5, 5.41) is 6.78. The van der Waals surface area contributed by atoms with Gasteiger partial charge in [-0.25, -0.2) is 4.98 Å². The number of benzene rings is 1. The van der Waals surface area contributed by atoms with Crippen LogP contribution in [0.3, 0.4) is 0 Å². The highest BCUT2D eigenvalue weighted by Gasteiger charge is 2.27. The number of carbonyl (C=O) groups excluding carboxylic acids is 2. The molecular weight excluding hydrogens is 386 g/mol. The fraction of sp³-hybridized carbons (Fsp3) is 0.227. The van der Waals surface area contributed by atoms with Gasteiger partial charge in [-0.1, -0.05) is 18.2 Å². The first-order chi connectivity index (χ1) is 14.2. The lowest BCUT2D eigenvalue weighted by molar-refractivity contribution is 0.0695. The number of piperidine rings is 1. The van der Waals surface area contributed by atoms with E-state index in [0.717, 1.165) is 12.8 Å². The monoisotopic (exact) mass is 407 g/mol. The minimum atomic E-state index is -0.105. The number of para-hydroxylation sites is 1. The van der Waals surface area contributed by atoms with Crippen LogP contribution in [0.5, 0.6) is 11.6 Å². The van der Waals surface area contributed by atoms with Crippen molar-refractivity contribution in [2.24, 2.45) is 0 Å². The second-order valence-corrected chi connectivity index (χ2v) is 7.60. The summed E-state index contributed by atoms with van der Waals surface area (Å²) in [7, 11) is 0. The molecule has 1 aromatic carbocycles. The zero-order chi connectivity index (χ0) is 20.1. The predicted octanol–water partition coefficient (Wildman–Crippen LogP) is 3.97. The maximum Gasteiger partial charge on any atom is 0.259 e. The van der Waals surface area contributed by atoms with E-state index < -0.39 is 0 Å². The number of ether oxygens (including phenoxy) is 1. The fourth-order valence-corrected chi connectivity index (χ4v) is 3.93. The number of hydrogen-bond acceptors (Lipinski definition) is 5. The first kappa shape index (κ1) is 19.1. The van der Waals surface area contributed by atoms with Crippen molar-refractivity contribution in [2.75, 3.05) is 13.1 Å². The molecule has 2 aromatic heterocycles. The van der Waals surface area contributed by atoms with Crippen LogP contribution >= 0.6 is 11.3 Å². The van der Waals surface area contributed by atoms with Gasteiger partial charge >= 0.3 is 0 Å². The number of nitrogens with one attached hydrogen (secondary N) is 1. The van der Waals surface area contributed by atoms with Crippen molar-refractivity contribution in [2.45, 2.75) is 18.9 Å². The molecule has 148 valence electrons. The molecular formula is C22H21N3O3S. The highest BCUT2D eigenvalue weighted by atomic mass is 32.1. The van der Waals surface area contributed by atoms with Gasteiger partial charge in [0.25, 0.3) is 11.8 Å². The van der Waals surface area contributed by atoms with Gasteiger partial charge in [-0.05, 0) is 48.6 Å². The molecule has 0 unspecified atom stereocenters. The summed E-state index contributed by atoms with van der Waals surface area (Å²) in [5.74, 6) is 0.778. The van der Waals surface area contributed by atoms with E-state index in [2.05, 4.69) is 10.3 Å². The Morgan fingerprint density at radius 3 is 2.59 bits per heavy atom. The molecule has 1 aliphatic rings. The van der Waals surface area contributed by atoms with Crippen LogP contribution in [-0.4, -0.2) is 40.8 Å². The molecule has 0 bridgehead atoms. The van der Waals surface area contributed by atoms with Crippen molar-refractivity contribution in [3.8, 4) is 11.6 Å². The van der Waals surface area contributed by atoms with Crippen LogP contribution < -0.4 is 10.1 Å². The van der Waals surface area contributed by atoms with Crippen molar-refractivity contribution in [1.82, 2.24) is 15.2 Å². The van der Waals surface area contributed by atoms with Crippen molar-refractivity contribution >= 4 is 23.2 Å². The molecule has 1 N–H and O–H groups in total. The molecule has 1 saturated heterocycles. The number of pyridine rings is 1. The Balaban J connectivity index is 1.38. The predicted molar refractivity (Wildman–Crippen MR) is 111 cm³/mol. The number of aromatic nitrogens is 1. The van der Waals surface area contributed by atoms with Crippen LogP contribution in [0.15, 0.2) is 65.5 Å². The van der Waals surface area contributed by atoms with E-state index in [1.807, 2.05) is 47.2 Å². The first-order valence-corrected chi connectivity index (χ1v) is 10.5. The summed E-state index contributed by atoms with van der Waals surface area (Å²) in [6, 6.07) is 14.6. The lowest BCUT2D eigenvalue weighted by Gasteiger charge is -2.32. The van der Waals surface area contributed by atoms with Gasteiger partial charge < -0.3 is 15.0 Å².